The molecule has 11 heteroatoms. The van der Waals surface area contributed by atoms with Crippen LogP contribution in [0.25, 0.3) is 11.3 Å². The van der Waals surface area contributed by atoms with Crippen molar-refractivity contribution in [3.8, 4) is 22.8 Å². The third-order valence-corrected chi connectivity index (χ3v) is 9.01. The summed E-state index contributed by atoms with van der Waals surface area (Å²) < 4.78 is 18.0. The maximum absolute atomic E-state index is 8.90. The zero-order valence-electron chi connectivity index (χ0n) is 22.8. The van der Waals surface area contributed by atoms with Crippen LogP contribution in [0.5, 0.6) is 11.5 Å². The average Bonchev–Trinajstić information content (AvgIpc) is 3.47. The van der Waals surface area contributed by atoms with Crippen molar-refractivity contribution < 1.29 is 19.4 Å². The molecule has 3 heterocycles. The van der Waals surface area contributed by atoms with E-state index in [1.807, 2.05) is 23.9 Å². The minimum Gasteiger partial charge on any atom is -0.455 e. The second-order valence-electron chi connectivity index (χ2n) is 9.69. The van der Waals surface area contributed by atoms with Gasteiger partial charge in [0.25, 0.3) is 0 Å². The molecule has 40 heavy (non-hydrogen) atoms. The smallest absolute Gasteiger partial charge is 0.241 e. The Morgan fingerprint density at radius 1 is 1.00 bits per heavy atom. The topological polar surface area (TPSA) is 106 Å². The molecule has 2 aromatic carbocycles. The first kappa shape index (κ1) is 28.4. The van der Waals surface area contributed by atoms with Gasteiger partial charge in [0.2, 0.25) is 6.29 Å². The van der Waals surface area contributed by atoms with Crippen LogP contribution >= 0.6 is 23.1 Å². The van der Waals surface area contributed by atoms with Gasteiger partial charge in [0, 0.05) is 55.2 Å². The van der Waals surface area contributed by atoms with E-state index in [9.17, 15) is 0 Å². The lowest BCUT2D eigenvalue weighted by Gasteiger charge is -2.28. The highest BCUT2D eigenvalue weighted by Crippen LogP contribution is 2.41. The van der Waals surface area contributed by atoms with E-state index < -0.39 is 6.29 Å². The maximum Gasteiger partial charge on any atom is 0.241 e. The van der Waals surface area contributed by atoms with Crippen LogP contribution in [0, 0.1) is 0 Å². The summed E-state index contributed by atoms with van der Waals surface area (Å²) >= 11 is 3.80. The molecule has 3 aromatic rings. The Labute approximate surface area is 243 Å². The number of unbranched alkanes of at least 4 members (excludes halogenated alkanes) is 1. The summed E-state index contributed by atoms with van der Waals surface area (Å²) in [6.45, 7) is 7.47. The van der Waals surface area contributed by atoms with Crippen LogP contribution in [0.2, 0.25) is 0 Å². The molecule has 2 fully saturated rings. The number of rotatable bonds is 11. The van der Waals surface area contributed by atoms with Crippen LogP contribution in [0.4, 0.5) is 10.1 Å². The number of nitrogens with two attached hydrogens (primary N) is 1. The number of ether oxygens (including phenoxy) is 3. The molecular weight excluding hydrogens is 546 g/mol. The van der Waals surface area contributed by atoms with Crippen molar-refractivity contribution in [3.63, 3.8) is 0 Å². The van der Waals surface area contributed by atoms with Crippen LogP contribution < -0.4 is 25.0 Å². The summed E-state index contributed by atoms with van der Waals surface area (Å²) in [4.78, 5) is 9.96. The Morgan fingerprint density at radius 3 is 2.27 bits per heavy atom. The van der Waals surface area contributed by atoms with E-state index in [1.54, 1.807) is 35.6 Å². The number of aromatic nitrogens is 1. The number of nitrogens with zero attached hydrogens (tertiary/aromatic N) is 4. The molecule has 0 aliphatic carbocycles. The normalized spacial score (nSPS) is 17.1. The van der Waals surface area contributed by atoms with Crippen LogP contribution in [-0.2, 0) is 4.74 Å². The number of amidine groups is 1. The molecule has 3 N–H and O–H groups in total. The van der Waals surface area contributed by atoms with Crippen molar-refractivity contribution in [2.24, 2.45) is 10.9 Å². The van der Waals surface area contributed by atoms with Crippen molar-refractivity contribution in [1.82, 2.24) is 4.98 Å². The van der Waals surface area contributed by atoms with Gasteiger partial charge in [-0.2, -0.15) is 11.8 Å². The number of thiazole rings is 1. The van der Waals surface area contributed by atoms with Gasteiger partial charge in [-0.15, -0.1) is 0 Å². The fourth-order valence-corrected chi connectivity index (χ4v) is 6.73. The lowest BCUT2D eigenvalue weighted by molar-refractivity contribution is -0.00211. The molecule has 2 aliphatic heterocycles. The van der Waals surface area contributed by atoms with Crippen molar-refractivity contribution in [3.05, 3.63) is 54.1 Å². The van der Waals surface area contributed by atoms with E-state index >= 15 is 0 Å². The fraction of sp³-hybridized carbons (Fsp3) is 0.448. The molecule has 0 spiro atoms. The SMILES string of the molecule is CCCCC(Oc1ccc(C(N)=NO)cc1)Oc1ccc(-c2nc(N3CCOCC3)sc2N2CCSCC2)cc1. The summed E-state index contributed by atoms with van der Waals surface area (Å²) in [5.41, 5.74) is 8.42. The van der Waals surface area contributed by atoms with Crippen molar-refractivity contribution in [2.75, 3.05) is 60.7 Å². The predicted molar refractivity (Wildman–Crippen MR) is 164 cm³/mol. The monoisotopic (exact) mass is 583 g/mol. The molecule has 0 saturated carbocycles. The number of hydrogen-bond donors (Lipinski definition) is 2. The second-order valence-corrected chi connectivity index (χ2v) is 11.9. The van der Waals surface area contributed by atoms with Gasteiger partial charge in [-0.1, -0.05) is 29.8 Å². The summed E-state index contributed by atoms with van der Waals surface area (Å²) in [6.07, 6.45) is 2.34. The molecule has 0 amide bonds. The van der Waals surface area contributed by atoms with Gasteiger partial charge in [-0.25, -0.2) is 4.98 Å². The highest BCUT2D eigenvalue weighted by Gasteiger charge is 2.24. The van der Waals surface area contributed by atoms with Gasteiger partial charge in [-0.3, -0.25) is 0 Å². The van der Waals surface area contributed by atoms with Gasteiger partial charge in [0.1, 0.15) is 22.2 Å². The van der Waals surface area contributed by atoms with E-state index in [0.29, 0.717) is 11.3 Å². The lowest BCUT2D eigenvalue weighted by Crippen LogP contribution is -2.36. The Balaban J connectivity index is 1.32. The molecule has 9 nitrogen and oxygen atoms in total. The van der Waals surface area contributed by atoms with Crippen LogP contribution in [0.15, 0.2) is 53.7 Å². The van der Waals surface area contributed by atoms with Gasteiger partial charge < -0.3 is 35.0 Å². The van der Waals surface area contributed by atoms with E-state index in [0.717, 1.165) is 92.3 Å². The third kappa shape index (κ3) is 7.13. The second kappa shape index (κ2) is 14.0. The first-order valence-corrected chi connectivity index (χ1v) is 15.8. The van der Waals surface area contributed by atoms with E-state index in [2.05, 4.69) is 34.0 Å². The van der Waals surface area contributed by atoms with E-state index in [4.69, 9.17) is 30.1 Å². The van der Waals surface area contributed by atoms with Gasteiger partial charge in [0.15, 0.2) is 11.0 Å². The third-order valence-electron chi connectivity index (χ3n) is 6.89. The summed E-state index contributed by atoms with van der Waals surface area (Å²) in [5, 5.41) is 14.3. The van der Waals surface area contributed by atoms with Crippen molar-refractivity contribution in [2.45, 2.75) is 32.5 Å². The Morgan fingerprint density at radius 2 is 1.65 bits per heavy atom. The minimum atomic E-state index is -0.436. The molecule has 1 atom stereocenters. The number of oxime groups is 1. The Kier molecular flexibility index (Phi) is 9.90. The van der Waals surface area contributed by atoms with Crippen molar-refractivity contribution >= 4 is 39.1 Å². The number of thioether (sulfide) groups is 1. The van der Waals surface area contributed by atoms with Gasteiger partial charge in [-0.05, 0) is 55.0 Å². The molecule has 1 unspecified atom stereocenters. The molecule has 5 rings (SSSR count). The Bertz CT molecular complexity index is 1240. The molecule has 1 aromatic heterocycles. The zero-order valence-corrected chi connectivity index (χ0v) is 24.5. The fourth-order valence-electron chi connectivity index (χ4n) is 4.63. The van der Waals surface area contributed by atoms with Crippen LogP contribution in [0.1, 0.15) is 31.7 Å². The molecule has 2 aliphatic rings. The molecule has 2 saturated heterocycles. The van der Waals surface area contributed by atoms with Crippen LogP contribution in [0.3, 0.4) is 0 Å². The average molecular weight is 584 g/mol. The lowest BCUT2D eigenvalue weighted by atomic mass is 10.1. The number of anilines is 2. The molecule has 0 radical (unpaired) electrons. The molecular formula is C29H37N5O4S2. The summed E-state index contributed by atoms with van der Waals surface area (Å²) in [6, 6.07) is 15.3. The zero-order chi connectivity index (χ0) is 27.7. The number of benzene rings is 2. The standard InChI is InChI=1S/C29H37N5O4S2/c1-2-3-4-25(38-24-11-7-22(8-12-24)27(30)32-35)37-23-9-5-21(6-10-23)26-28(33-15-19-39-20-16-33)40-29(31-26)34-13-17-36-18-14-34/h5-12,25,35H,2-4,13-20H2,1H3,(H2,30,32). The van der Waals surface area contributed by atoms with Crippen molar-refractivity contribution in [1.29, 1.82) is 0 Å². The van der Waals surface area contributed by atoms with E-state index in [-0.39, 0.29) is 5.84 Å². The highest BCUT2D eigenvalue weighted by molar-refractivity contribution is 7.99. The maximum atomic E-state index is 8.90. The summed E-state index contributed by atoms with van der Waals surface area (Å²) in [5.74, 6) is 3.75. The first-order chi connectivity index (χ1) is 19.6. The van der Waals surface area contributed by atoms with E-state index in [1.165, 1.54) is 5.00 Å². The quantitative estimate of drug-likeness (QED) is 0.103. The molecule has 214 valence electrons. The van der Waals surface area contributed by atoms with Crippen LogP contribution in [-0.4, -0.2) is 73.2 Å². The number of morpholine rings is 1. The van der Waals surface area contributed by atoms with Gasteiger partial charge in [0.05, 0.1) is 13.2 Å². The highest BCUT2D eigenvalue weighted by atomic mass is 32.2. The van der Waals surface area contributed by atoms with Gasteiger partial charge >= 0.3 is 0 Å². The molecule has 0 bridgehead atoms. The summed E-state index contributed by atoms with van der Waals surface area (Å²) in [7, 11) is 0. The predicted octanol–water partition coefficient (Wildman–Crippen LogP) is 5.27. The minimum absolute atomic E-state index is 0.0601. The Hall–Kier alpha value is -3.15. The first-order valence-electron chi connectivity index (χ1n) is 13.8. The number of hydrogen-bond acceptors (Lipinski definition) is 10. The largest absolute Gasteiger partial charge is 0.455 e.